The van der Waals surface area contributed by atoms with Gasteiger partial charge in [0.05, 0.1) is 16.4 Å². The molecular formula is C18H19ClN4O. The van der Waals surface area contributed by atoms with E-state index in [2.05, 4.69) is 15.7 Å². The maximum absolute atomic E-state index is 12.6. The molecule has 0 aromatic heterocycles. The lowest BCUT2D eigenvalue weighted by Crippen LogP contribution is -2.49. The van der Waals surface area contributed by atoms with E-state index >= 15 is 0 Å². The Morgan fingerprint density at radius 3 is 2.54 bits per heavy atom. The Morgan fingerprint density at radius 1 is 1.21 bits per heavy atom. The molecule has 1 aliphatic rings. The van der Waals surface area contributed by atoms with Crippen LogP contribution >= 0.6 is 11.6 Å². The van der Waals surface area contributed by atoms with Crippen LogP contribution in [0.4, 0.5) is 11.4 Å². The highest BCUT2D eigenvalue weighted by Crippen LogP contribution is 2.30. The van der Waals surface area contributed by atoms with Gasteiger partial charge >= 0.3 is 0 Å². The summed E-state index contributed by atoms with van der Waals surface area (Å²) in [7, 11) is 0. The Balaban J connectivity index is 1.83. The monoisotopic (exact) mass is 342 g/mol. The normalized spacial score (nSPS) is 19.6. The summed E-state index contributed by atoms with van der Waals surface area (Å²) in [5, 5.41) is 5.19. The minimum atomic E-state index is -0.533. The second-order valence-electron chi connectivity index (χ2n) is 5.75. The van der Waals surface area contributed by atoms with Crippen LogP contribution in [-0.2, 0) is 4.79 Å². The van der Waals surface area contributed by atoms with E-state index in [9.17, 15) is 4.79 Å². The number of hydrazine groups is 1. The number of carbonyl (C=O) groups is 1. The van der Waals surface area contributed by atoms with Crippen LogP contribution in [0.25, 0.3) is 0 Å². The Hall–Kier alpha value is -2.53. The second kappa shape index (κ2) is 6.53. The third-order valence-corrected chi connectivity index (χ3v) is 4.40. The molecule has 0 spiro atoms. The number of amidine groups is 1. The van der Waals surface area contributed by atoms with E-state index < -0.39 is 5.66 Å². The number of nitrogens with zero attached hydrogens (tertiary/aromatic N) is 2. The van der Waals surface area contributed by atoms with Crippen LogP contribution in [-0.4, -0.2) is 17.4 Å². The van der Waals surface area contributed by atoms with E-state index in [1.807, 2.05) is 61.3 Å². The first-order valence-electron chi connectivity index (χ1n) is 7.81. The van der Waals surface area contributed by atoms with Gasteiger partial charge in [0.15, 0.2) is 0 Å². The zero-order valence-electron chi connectivity index (χ0n) is 13.6. The highest BCUT2D eigenvalue weighted by molar-refractivity contribution is 6.44. The lowest BCUT2D eigenvalue weighted by molar-refractivity contribution is -0.110. The average Bonchev–Trinajstić information content (AvgIpc) is 2.96. The number of rotatable bonds is 4. The van der Waals surface area contributed by atoms with Crippen LogP contribution in [0, 0.1) is 0 Å². The number of para-hydroxylation sites is 2. The number of benzene rings is 2. The van der Waals surface area contributed by atoms with Crippen LogP contribution < -0.4 is 15.8 Å². The molecule has 2 aromatic carbocycles. The number of aliphatic imine (C=N–C) groups is 1. The SMILES string of the molecule is CCC1(C)N=C(C(=O)Nc2ccccc2Cl)NN1c1ccccc1. The molecule has 1 heterocycles. The van der Waals surface area contributed by atoms with Gasteiger partial charge in [-0.15, -0.1) is 0 Å². The Kier molecular flexibility index (Phi) is 4.44. The molecule has 1 aliphatic heterocycles. The highest BCUT2D eigenvalue weighted by Gasteiger charge is 2.38. The van der Waals surface area contributed by atoms with Gasteiger partial charge in [0.2, 0.25) is 5.84 Å². The van der Waals surface area contributed by atoms with Gasteiger partial charge in [-0.2, -0.15) is 0 Å². The lowest BCUT2D eigenvalue weighted by Gasteiger charge is -2.33. The summed E-state index contributed by atoms with van der Waals surface area (Å²) < 4.78 is 0. The predicted molar refractivity (Wildman–Crippen MR) is 98.3 cm³/mol. The number of amides is 1. The molecule has 6 heteroatoms. The zero-order chi connectivity index (χ0) is 17.2. The van der Waals surface area contributed by atoms with Gasteiger partial charge in [-0.3, -0.25) is 15.2 Å². The molecule has 1 atom stereocenters. The number of hydrogen-bond donors (Lipinski definition) is 2. The maximum atomic E-state index is 12.6. The first-order valence-corrected chi connectivity index (χ1v) is 8.19. The number of anilines is 2. The van der Waals surface area contributed by atoms with Crippen LogP contribution in [0.3, 0.4) is 0 Å². The van der Waals surface area contributed by atoms with Gasteiger partial charge in [0, 0.05) is 0 Å². The standard InChI is InChI=1S/C18H19ClN4O/c1-3-18(2)21-16(22-23(18)13-9-5-4-6-10-13)17(24)20-15-12-8-7-11-14(15)19/h4-12H,3H2,1-2H3,(H,20,24)(H,21,22). The van der Waals surface area contributed by atoms with Crippen molar-refractivity contribution in [1.29, 1.82) is 0 Å². The topological polar surface area (TPSA) is 56.7 Å². The van der Waals surface area contributed by atoms with Gasteiger partial charge in [-0.1, -0.05) is 48.9 Å². The smallest absolute Gasteiger partial charge is 0.292 e. The fraction of sp³-hybridized carbons (Fsp3) is 0.222. The van der Waals surface area contributed by atoms with E-state index in [0.29, 0.717) is 10.7 Å². The quantitative estimate of drug-likeness (QED) is 0.887. The third kappa shape index (κ3) is 3.08. The molecule has 3 rings (SSSR count). The molecule has 5 nitrogen and oxygen atoms in total. The Bertz CT molecular complexity index is 778. The lowest BCUT2D eigenvalue weighted by atomic mass is 10.1. The van der Waals surface area contributed by atoms with Crippen molar-refractivity contribution < 1.29 is 4.79 Å². The van der Waals surface area contributed by atoms with Crippen molar-refractivity contribution in [2.24, 2.45) is 4.99 Å². The van der Waals surface area contributed by atoms with Crippen molar-refractivity contribution in [3.63, 3.8) is 0 Å². The highest BCUT2D eigenvalue weighted by atomic mass is 35.5. The van der Waals surface area contributed by atoms with E-state index in [4.69, 9.17) is 11.6 Å². The molecule has 1 amide bonds. The second-order valence-corrected chi connectivity index (χ2v) is 6.15. The molecule has 0 saturated heterocycles. The van der Waals surface area contributed by atoms with Crippen molar-refractivity contribution in [1.82, 2.24) is 5.43 Å². The molecule has 2 N–H and O–H groups in total. The molecule has 0 saturated carbocycles. The fourth-order valence-corrected chi connectivity index (χ4v) is 2.73. The summed E-state index contributed by atoms with van der Waals surface area (Å²) in [6.07, 6.45) is 0.748. The average molecular weight is 343 g/mol. The van der Waals surface area contributed by atoms with Crippen LogP contribution in [0.15, 0.2) is 59.6 Å². The molecule has 0 bridgehead atoms. The van der Waals surface area contributed by atoms with E-state index in [0.717, 1.165) is 12.1 Å². The minimum absolute atomic E-state index is 0.267. The number of hydrogen-bond acceptors (Lipinski definition) is 4. The molecule has 2 aromatic rings. The van der Waals surface area contributed by atoms with Crippen LogP contribution in [0.1, 0.15) is 20.3 Å². The summed E-state index contributed by atoms with van der Waals surface area (Å²) in [6, 6.07) is 16.9. The maximum Gasteiger partial charge on any atom is 0.292 e. The van der Waals surface area contributed by atoms with Gasteiger partial charge in [0.1, 0.15) is 5.66 Å². The zero-order valence-corrected chi connectivity index (χ0v) is 14.3. The van der Waals surface area contributed by atoms with Gasteiger partial charge in [0.25, 0.3) is 5.91 Å². The summed E-state index contributed by atoms with van der Waals surface area (Å²) in [4.78, 5) is 17.2. The summed E-state index contributed by atoms with van der Waals surface area (Å²) >= 11 is 6.10. The molecule has 124 valence electrons. The summed E-state index contributed by atoms with van der Waals surface area (Å²) in [5.41, 5.74) is 4.09. The minimum Gasteiger partial charge on any atom is -0.318 e. The van der Waals surface area contributed by atoms with Crippen molar-refractivity contribution in [3.05, 3.63) is 59.6 Å². The number of nitrogens with one attached hydrogen (secondary N) is 2. The van der Waals surface area contributed by atoms with Gasteiger partial charge < -0.3 is 5.32 Å². The Morgan fingerprint density at radius 2 is 1.88 bits per heavy atom. The van der Waals surface area contributed by atoms with Gasteiger partial charge in [-0.05, 0) is 37.6 Å². The van der Waals surface area contributed by atoms with Crippen molar-refractivity contribution in [2.75, 3.05) is 10.3 Å². The molecular weight excluding hydrogens is 324 g/mol. The Labute approximate surface area is 146 Å². The first kappa shape index (κ1) is 16.3. The van der Waals surface area contributed by atoms with Crippen molar-refractivity contribution in [2.45, 2.75) is 25.9 Å². The number of halogens is 1. The van der Waals surface area contributed by atoms with E-state index in [1.54, 1.807) is 12.1 Å². The fourth-order valence-electron chi connectivity index (χ4n) is 2.54. The molecule has 0 radical (unpaired) electrons. The van der Waals surface area contributed by atoms with Crippen LogP contribution in [0.2, 0.25) is 5.02 Å². The number of carbonyl (C=O) groups excluding carboxylic acids is 1. The van der Waals surface area contributed by atoms with Crippen molar-refractivity contribution in [3.8, 4) is 0 Å². The van der Waals surface area contributed by atoms with Crippen LogP contribution in [0.5, 0.6) is 0 Å². The third-order valence-electron chi connectivity index (χ3n) is 4.07. The first-order chi connectivity index (χ1) is 11.5. The van der Waals surface area contributed by atoms with Crippen molar-refractivity contribution >= 4 is 34.7 Å². The molecule has 1 unspecified atom stereocenters. The summed E-state index contributed by atoms with van der Waals surface area (Å²) in [6.45, 7) is 4.03. The predicted octanol–water partition coefficient (Wildman–Crippen LogP) is 3.83. The van der Waals surface area contributed by atoms with Gasteiger partial charge in [-0.25, -0.2) is 4.99 Å². The summed E-state index contributed by atoms with van der Waals surface area (Å²) in [5.74, 6) is -0.0515. The molecule has 24 heavy (non-hydrogen) atoms. The largest absolute Gasteiger partial charge is 0.318 e. The molecule has 0 fully saturated rings. The van der Waals surface area contributed by atoms with E-state index in [1.165, 1.54) is 0 Å². The van der Waals surface area contributed by atoms with E-state index in [-0.39, 0.29) is 11.7 Å². The molecule has 0 aliphatic carbocycles.